The van der Waals surface area contributed by atoms with E-state index in [4.69, 9.17) is 4.74 Å². The van der Waals surface area contributed by atoms with Gasteiger partial charge in [0.1, 0.15) is 5.69 Å². The second-order valence-corrected chi connectivity index (χ2v) is 5.81. The molecule has 2 rings (SSSR count). The number of rotatable bonds is 8. The highest BCUT2D eigenvalue weighted by Gasteiger charge is 2.19. The third kappa shape index (κ3) is 5.14. The number of carbonyl (C=O) groups is 2. The van der Waals surface area contributed by atoms with E-state index in [0.717, 1.165) is 5.56 Å². The Hall–Kier alpha value is -3.22. The molecule has 0 aliphatic heterocycles. The largest absolute Gasteiger partial charge is 0.454 e. The predicted molar refractivity (Wildman–Crippen MR) is 97.3 cm³/mol. The van der Waals surface area contributed by atoms with Crippen molar-refractivity contribution in [2.75, 3.05) is 11.9 Å². The number of nitro benzene ring substituents is 1. The lowest BCUT2D eigenvalue weighted by molar-refractivity contribution is -0.384. The minimum Gasteiger partial charge on any atom is -0.454 e. The highest BCUT2D eigenvalue weighted by Crippen LogP contribution is 2.22. The van der Waals surface area contributed by atoms with Crippen LogP contribution in [0.5, 0.6) is 0 Å². The molecule has 0 aliphatic rings. The average Bonchev–Trinajstić information content (AvgIpc) is 2.62. The first kappa shape index (κ1) is 19.1. The van der Waals surface area contributed by atoms with Gasteiger partial charge in [-0.3, -0.25) is 19.7 Å². The summed E-state index contributed by atoms with van der Waals surface area (Å²) in [6.45, 7) is 3.60. The molecule has 0 aliphatic carbocycles. The van der Waals surface area contributed by atoms with Crippen LogP contribution in [-0.2, 0) is 9.53 Å². The molecule has 1 atom stereocenters. The average molecular weight is 356 g/mol. The highest BCUT2D eigenvalue weighted by molar-refractivity contribution is 6.00. The number of para-hydroxylation sites is 2. The number of hydrogen-bond acceptors (Lipinski definition) is 6. The first-order valence-electron chi connectivity index (χ1n) is 8.16. The van der Waals surface area contributed by atoms with Crippen molar-refractivity contribution in [3.05, 3.63) is 69.8 Å². The Morgan fingerprint density at radius 3 is 2.46 bits per heavy atom. The molecule has 1 N–H and O–H groups in total. The molecule has 0 aromatic heterocycles. The van der Waals surface area contributed by atoms with Gasteiger partial charge in [-0.1, -0.05) is 42.0 Å². The van der Waals surface area contributed by atoms with Crippen LogP contribution in [0.2, 0.25) is 0 Å². The molecule has 7 nitrogen and oxygen atoms in total. The Labute approximate surface area is 151 Å². The van der Waals surface area contributed by atoms with Crippen LogP contribution < -0.4 is 5.32 Å². The molecule has 0 unspecified atom stereocenters. The maximum Gasteiger partial charge on any atom is 0.308 e. The van der Waals surface area contributed by atoms with Gasteiger partial charge < -0.3 is 10.1 Å². The second-order valence-electron chi connectivity index (χ2n) is 5.81. The molecule has 0 heterocycles. The predicted octanol–water partition coefficient (Wildman–Crippen LogP) is 3.52. The summed E-state index contributed by atoms with van der Waals surface area (Å²) in [6, 6.07) is 13.2. The molecular formula is C19H20N2O5. The number of ether oxygens (including phenoxy) is 1. The van der Waals surface area contributed by atoms with Crippen molar-refractivity contribution >= 4 is 23.1 Å². The van der Waals surface area contributed by atoms with Gasteiger partial charge in [-0.15, -0.1) is 0 Å². The van der Waals surface area contributed by atoms with Crippen LogP contribution in [0.15, 0.2) is 48.5 Å². The molecule has 0 bridgehead atoms. The van der Waals surface area contributed by atoms with E-state index in [1.165, 1.54) is 13.0 Å². The number of benzene rings is 2. The van der Waals surface area contributed by atoms with E-state index in [0.29, 0.717) is 11.3 Å². The summed E-state index contributed by atoms with van der Waals surface area (Å²) in [5.41, 5.74) is 1.78. The molecule has 2 aromatic rings. The minimum atomic E-state index is -0.892. The zero-order valence-corrected chi connectivity index (χ0v) is 14.6. The Kier molecular flexibility index (Phi) is 6.43. The van der Waals surface area contributed by atoms with Crippen molar-refractivity contribution in [3.8, 4) is 0 Å². The Morgan fingerprint density at radius 1 is 1.15 bits per heavy atom. The number of nitrogens with zero attached hydrogens (tertiary/aromatic N) is 1. The van der Waals surface area contributed by atoms with Crippen molar-refractivity contribution in [1.82, 2.24) is 0 Å². The number of hydrogen-bond donors (Lipinski definition) is 1. The summed E-state index contributed by atoms with van der Waals surface area (Å²) < 4.78 is 5.15. The third-order valence-electron chi connectivity index (χ3n) is 3.76. The van der Waals surface area contributed by atoms with E-state index in [1.807, 2.05) is 19.1 Å². The Bertz CT molecular complexity index is 802. The Balaban J connectivity index is 1.84. The van der Waals surface area contributed by atoms with Crippen molar-refractivity contribution in [1.29, 1.82) is 0 Å². The van der Waals surface area contributed by atoms with Gasteiger partial charge >= 0.3 is 5.97 Å². The zero-order chi connectivity index (χ0) is 19.1. The van der Waals surface area contributed by atoms with Gasteiger partial charge in [-0.2, -0.15) is 0 Å². The number of ketones is 1. The number of esters is 1. The maximum absolute atomic E-state index is 12.2. The lowest BCUT2D eigenvalue weighted by atomic mass is 10.1. The molecule has 0 fully saturated rings. The van der Waals surface area contributed by atoms with Crippen LogP contribution in [0.4, 0.5) is 11.4 Å². The van der Waals surface area contributed by atoms with E-state index in [-0.39, 0.29) is 24.4 Å². The molecule has 0 amide bonds. The van der Waals surface area contributed by atoms with Gasteiger partial charge in [0.2, 0.25) is 5.78 Å². The van der Waals surface area contributed by atoms with Crippen LogP contribution in [0.1, 0.15) is 29.3 Å². The number of nitro groups is 1. The van der Waals surface area contributed by atoms with Crippen molar-refractivity contribution in [2.24, 2.45) is 0 Å². The van der Waals surface area contributed by atoms with Crippen LogP contribution >= 0.6 is 0 Å². The summed E-state index contributed by atoms with van der Waals surface area (Å²) >= 11 is 0. The van der Waals surface area contributed by atoms with Crippen LogP contribution in [0.25, 0.3) is 0 Å². The molecule has 7 heteroatoms. The van der Waals surface area contributed by atoms with E-state index in [2.05, 4.69) is 5.32 Å². The number of carbonyl (C=O) groups excluding carboxylic acids is 2. The van der Waals surface area contributed by atoms with Crippen molar-refractivity contribution in [3.63, 3.8) is 0 Å². The summed E-state index contributed by atoms with van der Waals surface area (Å²) in [4.78, 5) is 34.6. The van der Waals surface area contributed by atoms with E-state index < -0.39 is 17.0 Å². The van der Waals surface area contributed by atoms with Crippen molar-refractivity contribution in [2.45, 2.75) is 26.4 Å². The summed E-state index contributed by atoms with van der Waals surface area (Å²) in [7, 11) is 0. The van der Waals surface area contributed by atoms with Gasteiger partial charge in [-0.25, -0.2) is 0 Å². The summed E-state index contributed by atoms with van der Waals surface area (Å²) in [5, 5.41) is 13.8. The Morgan fingerprint density at radius 2 is 1.81 bits per heavy atom. The first-order valence-corrected chi connectivity index (χ1v) is 8.16. The quantitative estimate of drug-likeness (QED) is 0.336. The lowest BCUT2D eigenvalue weighted by Gasteiger charge is -2.13. The zero-order valence-electron chi connectivity index (χ0n) is 14.6. The van der Waals surface area contributed by atoms with Crippen LogP contribution in [0, 0.1) is 17.0 Å². The summed E-state index contributed by atoms with van der Waals surface area (Å²) in [5.74, 6) is -0.825. The van der Waals surface area contributed by atoms with Gasteiger partial charge in [0.15, 0.2) is 6.10 Å². The molecule has 0 spiro atoms. The molecule has 2 aromatic carbocycles. The summed E-state index contributed by atoms with van der Waals surface area (Å²) in [6.07, 6.45) is -0.909. The van der Waals surface area contributed by atoms with Gasteiger partial charge in [0, 0.05) is 18.2 Å². The standard InChI is InChI=1S/C19H20N2O5/c1-13-7-9-15(10-8-13)19(23)14(2)26-18(22)11-12-20-16-5-3-4-6-17(16)21(24)25/h3-10,14,20H,11-12H2,1-2H3/t14-/m1/s1. The fourth-order valence-corrected chi connectivity index (χ4v) is 2.34. The first-order chi connectivity index (χ1) is 12.4. The third-order valence-corrected chi connectivity index (χ3v) is 3.76. The van der Waals surface area contributed by atoms with Gasteiger partial charge in [-0.05, 0) is 19.9 Å². The second kappa shape index (κ2) is 8.75. The van der Waals surface area contributed by atoms with Crippen molar-refractivity contribution < 1.29 is 19.2 Å². The monoisotopic (exact) mass is 356 g/mol. The molecule has 0 saturated heterocycles. The fraction of sp³-hybridized carbons (Fsp3) is 0.263. The lowest BCUT2D eigenvalue weighted by Crippen LogP contribution is -2.25. The van der Waals surface area contributed by atoms with Crippen LogP contribution in [0.3, 0.4) is 0 Å². The molecule has 0 saturated carbocycles. The minimum absolute atomic E-state index is 0.0163. The SMILES string of the molecule is Cc1ccc(C(=O)[C@@H](C)OC(=O)CCNc2ccccc2[N+](=O)[O-])cc1. The molecule has 136 valence electrons. The van der Waals surface area contributed by atoms with E-state index in [1.54, 1.807) is 30.3 Å². The van der Waals surface area contributed by atoms with Crippen LogP contribution in [-0.4, -0.2) is 29.3 Å². The van der Waals surface area contributed by atoms with E-state index >= 15 is 0 Å². The number of nitrogens with one attached hydrogen (secondary N) is 1. The van der Waals surface area contributed by atoms with Gasteiger partial charge in [0.05, 0.1) is 11.3 Å². The normalized spacial score (nSPS) is 11.5. The number of anilines is 1. The smallest absolute Gasteiger partial charge is 0.308 e. The maximum atomic E-state index is 12.2. The number of aryl methyl sites for hydroxylation is 1. The molecule has 0 radical (unpaired) electrons. The van der Waals surface area contributed by atoms with E-state index in [9.17, 15) is 19.7 Å². The topological polar surface area (TPSA) is 98.5 Å². The fourth-order valence-electron chi connectivity index (χ4n) is 2.34. The molecular weight excluding hydrogens is 336 g/mol. The highest BCUT2D eigenvalue weighted by atomic mass is 16.6. The van der Waals surface area contributed by atoms with Gasteiger partial charge in [0.25, 0.3) is 5.69 Å². The molecule has 26 heavy (non-hydrogen) atoms. The number of Topliss-reactive ketones (excluding diaryl/α,β-unsaturated/α-hetero) is 1.